The quantitative estimate of drug-likeness (QED) is 0.249. The van der Waals surface area contributed by atoms with Crippen LogP contribution in [0.3, 0.4) is 0 Å². The number of anilines is 1. The molecule has 7 heteroatoms. The van der Waals surface area contributed by atoms with Crippen LogP contribution in [0.25, 0.3) is 22.4 Å². The summed E-state index contributed by atoms with van der Waals surface area (Å²) in [6.07, 6.45) is 0.261. The van der Waals surface area contributed by atoms with E-state index in [0.717, 1.165) is 33.7 Å². The summed E-state index contributed by atoms with van der Waals surface area (Å²) in [5, 5.41) is 14.2. The van der Waals surface area contributed by atoms with E-state index in [4.69, 9.17) is 21.3 Å². The monoisotopic (exact) mass is 513 g/mol. The van der Waals surface area contributed by atoms with Gasteiger partial charge in [-0.05, 0) is 48.4 Å². The van der Waals surface area contributed by atoms with E-state index >= 15 is 0 Å². The number of pyridine rings is 1. The minimum absolute atomic E-state index is 0.124. The first-order chi connectivity index (χ1) is 17.5. The molecule has 0 aliphatic carbocycles. The van der Waals surface area contributed by atoms with Crippen LogP contribution in [-0.2, 0) is 4.79 Å². The first-order valence-electron chi connectivity index (χ1n) is 11.3. The normalized spacial score (nSPS) is 10.5. The number of carbonyl (C=O) groups is 1. The summed E-state index contributed by atoms with van der Waals surface area (Å²) in [6, 6.07) is 27.1. The molecular weight excluding hydrogens is 490 g/mol. The lowest BCUT2D eigenvalue weighted by Gasteiger charge is -2.13. The number of hydrogen-bond donors (Lipinski definition) is 1. The van der Waals surface area contributed by atoms with Crippen molar-refractivity contribution in [1.82, 2.24) is 4.98 Å². The van der Waals surface area contributed by atoms with Crippen LogP contribution in [0, 0.1) is 18.3 Å². The standard InChI is InChI=1S/C29H24ClN3O2S/c1-19-25(30)9-6-10-26(19)32-28(34)15-16-36-29-24(18-31)23(20-11-13-22(35-2)14-12-20)17-27(33-29)21-7-4-3-5-8-21/h3-14,17H,15-16H2,1-2H3,(H,32,34). The van der Waals surface area contributed by atoms with E-state index in [-0.39, 0.29) is 12.3 Å². The molecule has 1 heterocycles. The van der Waals surface area contributed by atoms with Crippen LogP contribution in [0.2, 0.25) is 5.02 Å². The van der Waals surface area contributed by atoms with E-state index in [2.05, 4.69) is 11.4 Å². The molecule has 0 spiro atoms. The molecule has 1 N–H and O–H groups in total. The highest BCUT2D eigenvalue weighted by molar-refractivity contribution is 7.99. The Labute approximate surface area is 220 Å². The predicted molar refractivity (Wildman–Crippen MR) is 147 cm³/mol. The lowest BCUT2D eigenvalue weighted by atomic mass is 9.99. The van der Waals surface area contributed by atoms with Crippen LogP contribution in [0.5, 0.6) is 5.75 Å². The Morgan fingerprint density at radius 3 is 2.50 bits per heavy atom. The number of nitrogens with zero attached hydrogens (tertiary/aromatic N) is 2. The van der Waals surface area contributed by atoms with Crippen molar-refractivity contribution >= 4 is 35.0 Å². The Hall–Kier alpha value is -3.79. The molecule has 0 saturated carbocycles. The molecule has 4 rings (SSSR count). The molecule has 0 radical (unpaired) electrons. The molecule has 5 nitrogen and oxygen atoms in total. The second kappa shape index (κ2) is 11.8. The summed E-state index contributed by atoms with van der Waals surface area (Å²) in [5.41, 5.74) is 5.40. The van der Waals surface area contributed by atoms with Gasteiger partial charge in [0.2, 0.25) is 5.91 Å². The number of halogens is 1. The second-order valence-electron chi connectivity index (χ2n) is 8.00. The fraction of sp³-hybridized carbons (Fsp3) is 0.138. The molecule has 3 aromatic carbocycles. The van der Waals surface area contributed by atoms with E-state index < -0.39 is 0 Å². The van der Waals surface area contributed by atoms with Crippen LogP contribution in [0.1, 0.15) is 17.5 Å². The van der Waals surface area contributed by atoms with Crippen molar-refractivity contribution < 1.29 is 9.53 Å². The van der Waals surface area contributed by atoms with Gasteiger partial charge in [-0.15, -0.1) is 11.8 Å². The maximum Gasteiger partial charge on any atom is 0.225 e. The van der Waals surface area contributed by atoms with Crippen molar-refractivity contribution in [3.63, 3.8) is 0 Å². The Kier molecular flexibility index (Phi) is 8.27. The SMILES string of the molecule is COc1ccc(-c2cc(-c3ccccc3)nc(SCCC(=O)Nc3cccc(Cl)c3C)c2C#N)cc1. The summed E-state index contributed by atoms with van der Waals surface area (Å²) in [7, 11) is 1.62. The summed E-state index contributed by atoms with van der Waals surface area (Å²) in [5.74, 6) is 1.08. The molecule has 36 heavy (non-hydrogen) atoms. The summed E-state index contributed by atoms with van der Waals surface area (Å²) >= 11 is 7.56. The van der Waals surface area contributed by atoms with Gasteiger partial charge in [-0.3, -0.25) is 4.79 Å². The zero-order valence-electron chi connectivity index (χ0n) is 19.9. The number of ether oxygens (including phenoxy) is 1. The molecule has 0 bridgehead atoms. The number of thioether (sulfide) groups is 1. The first-order valence-corrected chi connectivity index (χ1v) is 12.7. The van der Waals surface area contributed by atoms with Crippen molar-refractivity contribution in [2.45, 2.75) is 18.4 Å². The number of hydrogen-bond acceptors (Lipinski definition) is 5. The molecule has 0 atom stereocenters. The second-order valence-corrected chi connectivity index (χ2v) is 9.49. The van der Waals surface area contributed by atoms with Gasteiger partial charge in [0.15, 0.2) is 0 Å². The number of nitriles is 1. The van der Waals surface area contributed by atoms with Crippen LogP contribution >= 0.6 is 23.4 Å². The highest BCUT2D eigenvalue weighted by Crippen LogP contribution is 2.35. The smallest absolute Gasteiger partial charge is 0.225 e. The Balaban J connectivity index is 1.60. The van der Waals surface area contributed by atoms with Gasteiger partial charge in [0, 0.05) is 34.0 Å². The summed E-state index contributed by atoms with van der Waals surface area (Å²) in [6.45, 7) is 1.87. The maximum absolute atomic E-state index is 12.6. The Morgan fingerprint density at radius 1 is 1.06 bits per heavy atom. The Morgan fingerprint density at radius 2 is 1.81 bits per heavy atom. The fourth-order valence-corrected chi connectivity index (χ4v) is 4.80. The van der Waals surface area contributed by atoms with E-state index in [1.807, 2.05) is 73.7 Å². The maximum atomic E-state index is 12.6. The van der Waals surface area contributed by atoms with Gasteiger partial charge in [0.25, 0.3) is 0 Å². The molecule has 0 aliphatic heterocycles. The molecule has 1 amide bonds. The van der Waals surface area contributed by atoms with E-state index in [1.54, 1.807) is 19.2 Å². The van der Waals surface area contributed by atoms with Crippen LogP contribution < -0.4 is 10.1 Å². The van der Waals surface area contributed by atoms with Crippen molar-refractivity contribution in [3.8, 4) is 34.2 Å². The molecule has 0 aliphatic rings. The third-order valence-electron chi connectivity index (χ3n) is 5.68. The van der Waals surface area contributed by atoms with Gasteiger partial charge in [0.05, 0.1) is 18.4 Å². The predicted octanol–water partition coefficient (Wildman–Crippen LogP) is 7.38. The van der Waals surface area contributed by atoms with Crippen LogP contribution in [0.15, 0.2) is 83.9 Å². The number of amides is 1. The van der Waals surface area contributed by atoms with Gasteiger partial charge in [-0.2, -0.15) is 5.26 Å². The number of aromatic nitrogens is 1. The van der Waals surface area contributed by atoms with Gasteiger partial charge >= 0.3 is 0 Å². The van der Waals surface area contributed by atoms with Crippen LogP contribution in [-0.4, -0.2) is 23.8 Å². The van der Waals surface area contributed by atoms with E-state index in [1.165, 1.54) is 11.8 Å². The number of nitrogens with one attached hydrogen (secondary N) is 1. The number of carbonyl (C=O) groups excluding carboxylic acids is 1. The minimum atomic E-state index is -0.124. The lowest BCUT2D eigenvalue weighted by molar-refractivity contribution is -0.115. The molecular formula is C29H24ClN3O2S. The molecule has 4 aromatic rings. The minimum Gasteiger partial charge on any atom is -0.497 e. The Bertz CT molecular complexity index is 1420. The van der Waals surface area contributed by atoms with Crippen molar-refractivity contribution in [2.24, 2.45) is 0 Å². The summed E-state index contributed by atoms with van der Waals surface area (Å²) in [4.78, 5) is 17.4. The lowest BCUT2D eigenvalue weighted by Crippen LogP contribution is -2.13. The molecule has 1 aromatic heterocycles. The average molecular weight is 514 g/mol. The van der Waals surface area contributed by atoms with Crippen molar-refractivity contribution in [3.05, 3.63) is 95.0 Å². The molecule has 0 unspecified atom stereocenters. The molecule has 180 valence electrons. The fourth-order valence-electron chi connectivity index (χ4n) is 3.69. The zero-order valence-corrected chi connectivity index (χ0v) is 21.5. The van der Waals surface area contributed by atoms with Gasteiger partial charge in [0.1, 0.15) is 16.8 Å². The summed E-state index contributed by atoms with van der Waals surface area (Å²) < 4.78 is 5.28. The number of methoxy groups -OCH3 is 1. The number of benzene rings is 3. The molecule has 0 fully saturated rings. The first kappa shape index (κ1) is 25.3. The topological polar surface area (TPSA) is 75.0 Å². The molecule has 0 saturated heterocycles. The average Bonchev–Trinajstić information content (AvgIpc) is 2.91. The van der Waals surface area contributed by atoms with E-state index in [9.17, 15) is 10.1 Å². The van der Waals surface area contributed by atoms with Gasteiger partial charge in [-0.25, -0.2) is 4.98 Å². The number of rotatable bonds is 8. The highest BCUT2D eigenvalue weighted by atomic mass is 35.5. The zero-order chi connectivity index (χ0) is 25.5. The third-order valence-corrected chi connectivity index (χ3v) is 7.06. The van der Waals surface area contributed by atoms with Crippen molar-refractivity contribution in [2.75, 3.05) is 18.2 Å². The highest BCUT2D eigenvalue weighted by Gasteiger charge is 2.17. The van der Waals surface area contributed by atoms with Crippen molar-refractivity contribution in [1.29, 1.82) is 5.26 Å². The van der Waals surface area contributed by atoms with Gasteiger partial charge < -0.3 is 10.1 Å². The van der Waals surface area contributed by atoms with E-state index in [0.29, 0.717) is 27.1 Å². The largest absolute Gasteiger partial charge is 0.497 e. The third kappa shape index (κ3) is 5.88. The van der Waals surface area contributed by atoms with Gasteiger partial charge in [-0.1, -0.05) is 60.1 Å². The van der Waals surface area contributed by atoms with Crippen LogP contribution in [0.4, 0.5) is 5.69 Å².